The molecule has 0 saturated heterocycles. The Balaban J connectivity index is 1.81. The molecule has 1 aliphatic heterocycles. The standard InChI is InChI=1S/C22H16F3NO/c23-16-7-5-15(6-8-16)21-18-4-2-1-3-14(18)11-12-26(21)22(27)19-10-9-17(24)13-20(19)25/h1-10,13,21H,11-12H2. The Bertz CT molecular complexity index is 1000. The van der Waals surface area contributed by atoms with Crippen LogP contribution < -0.4 is 0 Å². The van der Waals surface area contributed by atoms with E-state index in [9.17, 15) is 18.0 Å². The SMILES string of the molecule is O=C(c1ccc(F)cc1F)N1CCc2ccccc2C1c1ccc(F)cc1. The monoisotopic (exact) mass is 367 g/mol. The maximum atomic E-state index is 14.2. The number of benzene rings is 3. The van der Waals surface area contributed by atoms with Crippen molar-refractivity contribution >= 4 is 5.91 Å². The number of hydrogen-bond acceptors (Lipinski definition) is 1. The van der Waals surface area contributed by atoms with Crippen LogP contribution in [0.1, 0.15) is 33.1 Å². The first kappa shape index (κ1) is 17.3. The van der Waals surface area contributed by atoms with Gasteiger partial charge in [0.05, 0.1) is 11.6 Å². The summed E-state index contributed by atoms with van der Waals surface area (Å²) in [7, 11) is 0. The molecule has 1 heterocycles. The van der Waals surface area contributed by atoms with Gasteiger partial charge in [0.15, 0.2) is 0 Å². The van der Waals surface area contributed by atoms with Crippen LogP contribution in [-0.2, 0) is 6.42 Å². The van der Waals surface area contributed by atoms with Crippen LogP contribution in [0.25, 0.3) is 0 Å². The highest BCUT2D eigenvalue weighted by Gasteiger charge is 2.33. The van der Waals surface area contributed by atoms with E-state index in [1.807, 2.05) is 24.3 Å². The molecule has 27 heavy (non-hydrogen) atoms. The van der Waals surface area contributed by atoms with Gasteiger partial charge in [0.2, 0.25) is 0 Å². The lowest BCUT2D eigenvalue weighted by Crippen LogP contribution is -2.41. The maximum Gasteiger partial charge on any atom is 0.257 e. The van der Waals surface area contributed by atoms with Crippen LogP contribution in [0.3, 0.4) is 0 Å². The maximum absolute atomic E-state index is 14.2. The number of nitrogens with zero attached hydrogens (tertiary/aromatic N) is 1. The molecule has 0 radical (unpaired) electrons. The van der Waals surface area contributed by atoms with Crippen molar-refractivity contribution in [3.63, 3.8) is 0 Å². The minimum Gasteiger partial charge on any atom is -0.327 e. The summed E-state index contributed by atoms with van der Waals surface area (Å²) in [5.41, 5.74) is 2.57. The first-order chi connectivity index (χ1) is 13.0. The van der Waals surface area contributed by atoms with Crippen molar-refractivity contribution in [2.45, 2.75) is 12.5 Å². The number of amides is 1. The zero-order valence-electron chi connectivity index (χ0n) is 14.3. The average Bonchev–Trinajstić information content (AvgIpc) is 2.67. The predicted molar refractivity (Wildman–Crippen MR) is 95.8 cm³/mol. The summed E-state index contributed by atoms with van der Waals surface area (Å²) in [6.45, 7) is 0.384. The molecule has 1 unspecified atom stereocenters. The van der Waals surface area contributed by atoms with Crippen LogP contribution in [0.15, 0.2) is 66.7 Å². The van der Waals surface area contributed by atoms with Gasteiger partial charge >= 0.3 is 0 Å². The van der Waals surface area contributed by atoms with Gasteiger partial charge in [-0.25, -0.2) is 13.2 Å². The summed E-state index contributed by atoms with van der Waals surface area (Å²) in [6.07, 6.45) is 0.627. The lowest BCUT2D eigenvalue weighted by atomic mass is 9.87. The molecule has 136 valence electrons. The third-order valence-corrected chi connectivity index (χ3v) is 4.89. The molecule has 0 bridgehead atoms. The first-order valence-corrected chi connectivity index (χ1v) is 8.64. The fourth-order valence-corrected chi connectivity index (χ4v) is 3.61. The van der Waals surface area contributed by atoms with Gasteiger partial charge in [-0.1, -0.05) is 36.4 Å². The third-order valence-electron chi connectivity index (χ3n) is 4.89. The van der Waals surface area contributed by atoms with Crippen LogP contribution in [-0.4, -0.2) is 17.4 Å². The Labute approximate surface area is 154 Å². The average molecular weight is 367 g/mol. The van der Waals surface area contributed by atoms with E-state index in [0.717, 1.165) is 28.8 Å². The molecule has 3 aromatic carbocycles. The van der Waals surface area contributed by atoms with Gasteiger partial charge < -0.3 is 4.90 Å². The number of rotatable bonds is 2. The minimum absolute atomic E-state index is 0.178. The van der Waals surface area contributed by atoms with Crippen molar-refractivity contribution in [3.8, 4) is 0 Å². The number of carbonyl (C=O) groups excluding carboxylic acids is 1. The van der Waals surface area contributed by atoms with Gasteiger partial charge in [0, 0.05) is 12.6 Å². The molecule has 1 atom stereocenters. The molecule has 0 aliphatic carbocycles. The van der Waals surface area contributed by atoms with E-state index >= 15 is 0 Å². The highest BCUT2D eigenvalue weighted by Crippen LogP contribution is 2.36. The topological polar surface area (TPSA) is 20.3 Å². The van der Waals surface area contributed by atoms with Crippen molar-refractivity contribution in [2.75, 3.05) is 6.54 Å². The minimum atomic E-state index is -0.892. The molecule has 0 aromatic heterocycles. The Morgan fingerprint density at radius 3 is 2.33 bits per heavy atom. The molecule has 1 amide bonds. The zero-order valence-corrected chi connectivity index (χ0v) is 14.3. The number of halogens is 3. The summed E-state index contributed by atoms with van der Waals surface area (Å²) in [6, 6.07) is 16.1. The Morgan fingerprint density at radius 2 is 1.59 bits per heavy atom. The predicted octanol–water partition coefficient (Wildman–Crippen LogP) is 4.89. The summed E-state index contributed by atoms with van der Waals surface area (Å²) >= 11 is 0. The normalized spacial score (nSPS) is 16.1. The van der Waals surface area contributed by atoms with Crippen LogP contribution >= 0.6 is 0 Å². The molecule has 5 heteroatoms. The molecule has 1 aliphatic rings. The Morgan fingerprint density at radius 1 is 0.889 bits per heavy atom. The van der Waals surface area contributed by atoms with Gasteiger partial charge in [0.25, 0.3) is 5.91 Å². The second-order valence-electron chi connectivity index (χ2n) is 6.53. The van der Waals surface area contributed by atoms with E-state index in [1.54, 1.807) is 17.0 Å². The van der Waals surface area contributed by atoms with E-state index < -0.39 is 23.6 Å². The number of fused-ring (bicyclic) bond motifs is 1. The number of hydrogen-bond donors (Lipinski definition) is 0. The smallest absolute Gasteiger partial charge is 0.257 e. The number of carbonyl (C=O) groups is 1. The third kappa shape index (κ3) is 3.21. The molecule has 0 N–H and O–H groups in total. The van der Waals surface area contributed by atoms with E-state index in [0.29, 0.717) is 19.0 Å². The largest absolute Gasteiger partial charge is 0.327 e. The zero-order chi connectivity index (χ0) is 19.0. The molecular weight excluding hydrogens is 351 g/mol. The van der Waals surface area contributed by atoms with Gasteiger partial charge in [-0.3, -0.25) is 4.79 Å². The molecule has 3 aromatic rings. The van der Waals surface area contributed by atoms with Gasteiger partial charge in [0.1, 0.15) is 17.5 Å². The van der Waals surface area contributed by atoms with Gasteiger partial charge in [-0.05, 0) is 47.4 Å². The van der Waals surface area contributed by atoms with Gasteiger partial charge in [-0.15, -0.1) is 0 Å². The highest BCUT2D eigenvalue weighted by molar-refractivity contribution is 5.95. The van der Waals surface area contributed by atoms with Crippen molar-refractivity contribution < 1.29 is 18.0 Å². The van der Waals surface area contributed by atoms with Crippen LogP contribution in [0, 0.1) is 17.5 Å². The molecule has 4 rings (SSSR count). The van der Waals surface area contributed by atoms with Crippen molar-refractivity contribution in [1.82, 2.24) is 4.90 Å². The fourth-order valence-electron chi connectivity index (χ4n) is 3.61. The Kier molecular flexibility index (Phi) is 4.44. The second-order valence-corrected chi connectivity index (χ2v) is 6.53. The lowest BCUT2D eigenvalue weighted by molar-refractivity contribution is 0.0689. The van der Waals surface area contributed by atoms with Crippen LogP contribution in [0.4, 0.5) is 13.2 Å². The van der Waals surface area contributed by atoms with Crippen LogP contribution in [0.2, 0.25) is 0 Å². The quantitative estimate of drug-likeness (QED) is 0.631. The van der Waals surface area contributed by atoms with Crippen LogP contribution in [0.5, 0.6) is 0 Å². The molecular formula is C22H16F3NO. The molecule has 0 saturated carbocycles. The summed E-state index contributed by atoms with van der Waals surface area (Å²) in [5, 5.41) is 0. The van der Waals surface area contributed by atoms with Crippen molar-refractivity contribution in [2.24, 2.45) is 0 Å². The lowest BCUT2D eigenvalue weighted by Gasteiger charge is -2.38. The van der Waals surface area contributed by atoms with E-state index in [2.05, 4.69) is 0 Å². The first-order valence-electron chi connectivity index (χ1n) is 8.64. The summed E-state index contributed by atoms with van der Waals surface area (Å²) in [4.78, 5) is 14.6. The van der Waals surface area contributed by atoms with Crippen molar-refractivity contribution in [1.29, 1.82) is 0 Å². The van der Waals surface area contributed by atoms with E-state index in [1.165, 1.54) is 12.1 Å². The summed E-state index contributed by atoms with van der Waals surface area (Å²) < 4.78 is 40.8. The molecule has 0 spiro atoms. The Hall–Kier alpha value is -3.08. The fraction of sp³-hybridized carbons (Fsp3) is 0.136. The second kappa shape index (κ2) is 6.91. The van der Waals surface area contributed by atoms with Gasteiger partial charge in [-0.2, -0.15) is 0 Å². The van der Waals surface area contributed by atoms with E-state index in [4.69, 9.17) is 0 Å². The van der Waals surface area contributed by atoms with Crippen molar-refractivity contribution in [3.05, 3.63) is 106 Å². The highest BCUT2D eigenvalue weighted by atomic mass is 19.1. The molecule has 2 nitrogen and oxygen atoms in total. The molecule has 0 fully saturated rings. The summed E-state index contributed by atoms with van der Waals surface area (Å²) in [5.74, 6) is -2.51. The van der Waals surface area contributed by atoms with E-state index in [-0.39, 0.29) is 11.4 Å².